The summed E-state index contributed by atoms with van der Waals surface area (Å²) in [5.41, 5.74) is 3.32. The molecule has 0 radical (unpaired) electrons. The maximum Gasteiger partial charge on any atom is 0.222 e. The first-order chi connectivity index (χ1) is 11.6. The average molecular weight is 327 g/mol. The SMILES string of the molecule is Cc1noc(C)c1CCC(=O)N1CCC(Cc2ccncc2)CC1. The van der Waals surface area contributed by atoms with E-state index in [1.54, 1.807) is 0 Å². The Bertz CT molecular complexity index is 654. The van der Waals surface area contributed by atoms with Gasteiger partial charge in [-0.05, 0) is 63.1 Å². The fraction of sp³-hybridized carbons (Fsp3) is 0.526. The van der Waals surface area contributed by atoms with Crippen molar-refractivity contribution in [2.75, 3.05) is 13.1 Å². The van der Waals surface area contributed by atoms with Crippen LogP contribution in [0.15, 0.2) is 29.0 Å². The molecule has 0 bridgehead atoms. The summed E-state index contributed by atoms with van der Waals surface area (Å²) in [5.74, 6) is 1.74. The zero-order valence-electron chi connectivity index (χ0n) is 14.5. The van der Waals surface area contributed by atoms with Crippen molar-refractivity contribution in [1.82, 2.24) is 15.0 Å². The monoisotopic (exact) mass is 327 g/mol. The van der Waals surface area contributed by atoms with Crippen molar-refractivity contribution in [1.29, 1.82) is 0 Å². The topological polar surface area (TPSA) is 59.2 Å². The van der Waals surface area contributed by atoms with Crippen molar-refractivity contribution in [2.45, 2.75) is 46.0 Å². The van der Waals surface area contributed by atoms with E-state index in [9.17, 15) is 4.79 Å². The van der Waals surface area contributed by atoms with E-state index < -0.39 is 0 Å². The van der Waals surface area contributed by atoms with Gasteiger partial charge in [0.2, 0.25) is 5.91 Å². The van der Waals surface area contributed by atoms with Crippen LogP contribution in [0.3, 0.4) is 0 Å². The molecule has 0 spiro atoms. The van der Waals surface area contributed by atoms with E-state index in [1.165, 1.54) is 5.56 Å². The number of carbonyl (C=O) groups is 1. The molecule has 2 aromatic rings. The lowest BCUT2D eigenvalue weighted by atomic mass is 9.90. The maximum absolute atomic E-state index is 12.4. The van der Waals surface area contributed by atoms with E-state index in [0.29, 0.717) is 12.3 Å². The van der Waals surface area contributed by atoms with Crippen LogP contribution in [0.4, 0.5) is 0 Å². The number of piperidine rings is 1. The molecule has 1 fully saturated rings. The molecular formula is C19H25N3O2. The minimum Gasteiger partial charge on any atom is -0.361 e. The van der Waals surface area contributed by atoms with Gasteiger partial charge in [0, 0.05) is 37.5 Å². The lowest BCUT2D eigenvalue weighted by Crippen LogP contribution is -2.39. The Morgan fingerprint density at radius 3 is 2.58 bits per heavy atom. The Morgan fingerprint density at radius 1 is 1.25 bits per heavy atom. The molecule has 3 heterocycles. The van der Waals surface area contributed by atoms with Crippen molar-refractivity contribution in [2.24, 2.45) is 5.92 Å². The van der Waals surface area contributed by atoms with Gasteiger partial charge in [-0.3, -0.25) is 9.78 Å². The van der Waals surface area contributed by atoms with Gasteiger partial charge in [-0.15, -0.1) is 0 Å². The van der Waals surface area contributed by atoms with Gasteiger partial charge < -0.3 is 9.42 Å². The summed E-state index contributed by atoms with van der Waals surface area (Å²) in [4.78, 5) is 18.5. The van der Waals surface area contributed by atoms with Gasteiger partial charge in [-0.25, -0.2) is 0 Å². The van der Waals surface area contributed by atoms with Crippen LogP contribution in [0.2, 0.25) is 0 Å². The Morgan fingerprint density at radius 2 is 1.96 bits per heavy atom. The second-order valence-corrected chi connectivity index (χ2v) is 6.69. The second kappa shape index (κ2) is 7.60. The fourth-order valence-corrected chi connectivity index (χ4v) is 3.49. The van der Waals surface area contributed by atoms with Gasteiger partial charge in [0.1, 0.15) is 5.76 Å². The van der Waals surface area contributed by atoms with Crippen molar-refractivity contribution in [3.05, 3.63) is 47.1 Å². The summed E-state index contributed by atoms with van der Waals surface area (Å²) in [7, 11) is 0. The third-order valence-electron chi connectivity index (χ3n) is 5.01. The molecular weight excluding hydrogens is 302 g/mol. The van der Waals surface area contributed by atoms with Crippen LogP contribution in [0.5, 0.6) is 0 Å². The summed E-state index contributed by atoms with van der Waals surface area (Å²) in [6.07, 6.45) is 8.21. The fourth-order valence-electron chi connectivity index (χ4n) is 3.49. The van der Waals surface area contributed by atoms with Crippen molar-refractivity contribution >= 4 is 5.91 Å². The van der Waals surface area contributed by atoms with Gasteiger partial charge in [-0.2, -0.15) is 0 Å². The van der Waals surface area contributed by atoms with E-state index in [2.05, 4.69) is 22.3 Å². The summed E-state index contributed by atoms with van der Waals surface area (Å²) >= 11 is 0. The Labute approximate surface area is 143 Å². The van der Waals surface area contributed by atoms with Crippen molar-refractivity contribution in [3.8, 4) is 0 Å². The lowest BCUT2D eigenvalue weighted by Gasteiger charge is -2.32. The van der Waals surface area contributed by atoms with Gasteiger partial charge in [0.15, 0.2) is 0 Å². The number of nitrogens with zero attached hydrogens (tertiary/aromatic N) is 3. The molecule has 5 heteroatoms. The van der Waals surface area contributed by atoms with Crippen LogP contribution in [-0.4, -0.2) is 34.0 Å². The predicted molar refractivity (Wildman–Crippen MR) is 91.5 cm³/mol. The summed E-state index contributed by atoms with van der Waals surface area (Å²) in [5, 5.41) is 3.95. The van der Waals surface area contributed by atoms with Gasteiger partial charge in [0.05, 0.1) is 5.69 Å². The quantitative estimate of drug-likeness (QED) is 0.847. The highest BCUT2D eigenvalue weighted by atomic mass is 16.5. The van der Waals surface area contributed by atoms with Gasteiger partial charge >= 0.3 is 0 Å². The van der Waals surface area contributed by atoms with E-state index in [4.69, 9.17) is 4.52 Å². The molecule has 0 N–H and O–H groups in total. The molecule has 5 nitrogen and oxygen atoms in total. The molecule has 3 rings (SSSR count). The molecule has 0 aliphatic carbocycles. The third-order valence-corrected chi connectivity index (χ3v) is 5.01. The first-order valence-electron chi connectivity index (χ1n) is 8.72. The van der Waals surface area contributed by atoms with Crippen LogP contribution < -0.4 is 0 Å². The van der Waals surface area contributed by atoms with Crippen molar-refractivity contribution in [3.63, 3.8) is 0 Å². The van der Waals surface area contributed by atoms with Crippen LogP contribution >= 0.6 is 0 Å². The lowest BCUT2D eigenvalue weighted by molar-refractivity contribution is -0.132. The number of hydrogen-bond acceptors (Lipinski definition) is 4. The van der Waals surface area contributed by atoms with E-state index in [-0.39, 0.29) is 5.91 Å². The highest BCUT2D eigenvalue weighted by molar-refractivity contribution is 5.76. The van der Waals surface area contributed by atoms with E-state index >= 15 is 0 Å². The zero-order valence-corrected chi connectivity index (χ0v) is 14.5. The largest absolute Gasteiger partial charge is 0.361 e. The molecule has 1 aliphatic heterocycles. The minimum atomic E-state index is 0.248. The number of amides is 1. The molecule has 2 aromatic heterocycles. The predicted octanol–water partition coefficient (Wildman–Crippen LogP) is 3.10. The number of rotatable bonds is 5. The first kappa shape index (κ1) is 16.7. The number of carbonyl (C=O) groups excluding carboxylic acids is 1. The number of hydrogen-bond donors (Lipinski definition) is 0. The van der Waals surface area contributed by atoms with Gasteiger partial charge in [0.25, 0.3) is 0 Å². The van der Waals surface area contributed by atoms with E-state index in [1.807, 2.05) is 31.1 Å². The molecule has 0 unspecified atom stereocenters. The number of aromatic nitrogens is 2. The third kappa shape index (κ3) is 4.02. The molecule has 128 valence electrons. The number of aryl methyl sites for hydroxylation is 2. The number of pyridine rings is 1. The molecule has 1 saturated heterocycles. The van der Waals surface area contributed by atoms with Crippen LogP contribution in [0, 0.1) is 19.8 Å². The van der Waals surface area contributed by atoms with Gasteiger partial charge in [-0.1, -0.05) is 5.16 Å². The Hall–Kier alpha value is -2.17. The van der Waals surface area contributed by atoms with Crippen LogP contribution in [0.25, 0.3) is 0 Å². The first-order valence-corrected chi connectivity index (χ1v) is 8.72. The van der Waals surface area contributed by atoms with Crippen LogP contribution in [-0.2, 0) is 17.6 Å². The normalized spacial score (nSPS) is 15.7. The highest BCUT2D eigenvalue weighted by Gasteiger charge is 2.23. The maximum atomic E-state index is 12.4. The van der Waals surface area contributed by atoms with Crippen LogP contribution in [0.1, 0.15) is 41.8 Å². The standard InChI is InChI=1S/C19H25N3O2/c1-14-18(15(2)24-21-14)3-4-19(23)22-11-7-17(8-12-22)13-16-5-9-20-10-6-16/h5-6,9-10,17H,3-4,7-8,11-13H2,1-2H3. The molecule has 0 atom stereocenters. The molecule has 24 heavy (non-hydrogen) atoms. The second-order valence-electron chi connectivity index (χ2n) is 6.69. The summed E-state index contributed by atoms with van der Waals surface area (Å²) < 4.78 is 5.16. The Balaban J connectivity index is 1.45. The van der Waals surface area contributed by atoms with E-state index in [0.717, 1.165) is 55.8 Å². The minimum absolute atomic E-state index is 0.248. The number of likely N-dealkylation sites (tertiary alicyclic amines) is 1. The molecule has 1 aliphatic rings. The zero-order chi connectivity index (χ0) is 16.9. The summed E-state index contributed by atoms with van der Waals surface area (Å²) in [6, 6.07) is 4.17. The molecule has 0 aromatic carbocycles. The highest BCUT2D eigenvalue weighted by Crippen LogP contribution is 2.22. The summed E-state index contributed by atoms with van der Waals surface area (Å²) in [6.45, 7) is 5.58. The smallest absolute Gasteiger partial charge is 0.222 e. The average Bonchev–Trinajstić information content (AvgIpc) is 2.92. The molecule has 1 amide bonds. The Kier molecular flexibility index (Phi) is 5.28. The molecule has 0 saturated carbocycles. The van der Waals surface area contributed by atoms with Crippen molar-refractivity contribution < 1.29 is 9.32 Å².